The van der Waals surface area contributed by atoms with E-state index in [-0.39, 0.29) is 0 Å². The molecule has 0 bridgehead atoms. The normalized spacial score (nSPS) is 15.6. The maximum atomic E-state index is 5.66. The van der Waals surface area contributed by atoms with E-state index in [1.807, 2.05) is 12.1 Å². The topological polar surface area (TPSA) is 55.3 Å². The van der Waals surface area contributed by atoms with Crippen LogP contribution in [0.4, 0.5) is 5.82 Å². The van der Waals surface area contributed by atoms with Crippen LogP contribution >= 0.6 is 0 Å². The third-order valence-corrected chi connectivity index (χ3v) is 2.99. The first-order valence-electron chi connectivity index (χ1n) is 5.69. The molecule has 1 aliphatic carbocycles. The number of hydrogen-bond acceptors (Lipinski definition) is 4. The Bertz CT molecular complexity index is 490. The summed E-state index contributed by atoms with van der Waals surface area (Å²) in [5, 5.41) is 1.09. The van der Waals surface area contributed by atoms with Crippen LogP contribution in [-0.4, -0.2) is 24.1 Å². The van der Waals surface area contributed by atoms with Gasteiger partial charge in [0.2, 0.25) is 0 Å². The van der Waals surface area contributed by atoms with Crippen LogP contribution in [0, 0.1) is 0 Å². The predicted molar refractivity (Wildman–Crippen MR) is 63.4 cm³/mol. The number of hydrogen-bond donors (Lipinski definition) is 1. The molecule has 2 heterocycles. The zero-order chi connectivity index (χ0) is 11.0. The van der Waals surface area contributed by atoms with Gasteiger partial charge in [-0.15, -0.1) is 0 Å². The highest BCUT2D eigenvalue weighted by Crippen LogP contribution is 2.34. The average molecular weight is 217 g/mol. The molecule has 1 aliphatic rings. The fourth-order valence-electron chi connectivity index (χ4n) is 2.10. The minimum atomic E-state index is 0.622. The second kappa shape index (κ2) is 3.79. The molecule has 0 spiro atoms. The van der Waals surface area contributed by atoms with Gasteiger partial charge in [-0.1, -0.05) is 0 Å². The van der Waals surface area contributed by atoms with E-state index in [9.17, 15) is 0 Å². The average Bonchev–Trinajstić information content (AvgIpc) is 3.02. The lowest BCUT2D eigenvalue weighted by atomic mass is 10.3. The highest BCUT2D eigenvalue weighted by molar-refractivity contribution is 5.88. The number of pyridine rings is 1. The van der Waals surface area contributed by atoms with E-state index >= 15 is 0 Å². The molecule has 0 radical (unpaired) electrons. The highest BCUT2D eigenvalue weighted by Gasteiger charge is 2.30. The standard InChI is InChI=1S/C12H15N3O/c13-5-7-15(9-1-2-9)12-10-4-8-16-11(10)3-6-14-12/h3-4,6,8-9H,1-2,5,7,13H2. The van der Waals surface area contributed by atoms with Gasteiger partial charge in [-0.3, -0.25) is 0 Å². The van der Waals surface area contributed by atoms with Crippen molar-refractivity contribution in [2.45, 2.75) is 18.9 Å². The fraction of sp³-hybridized carbons (Fsp3) is 0.417. The van der Waals surface area contributed by atoms with E-state index < -0.39 is 0 Å². The number of anilines is 1. The van der Waals surface area contributed by atoms with Gasteiger partial charge >= 0.3 is 0 Å². The first-order valence-corrected chi connectivity index (χ1v) is 5.69. The smallest absolute Gasteiger partial charge is 0.139 e. The molecule has 16 heavy (non-hydrogen) atoms. The lowest BCUT2D eigenvalue weighted by molar-refractivity contribution is 0.615. The number of nitrogens with two attached hydrogens (primary N) is 1. The molecular formula is C12H15N3O. The largest absolute Gasteiger partial charge is 0.464 e. The maximum Gasteiger partial charge on any atom is 0.139 e. The van der Waals surface area contributed by atoms with Crippen LogP contribution in [0.5, 0.6) is 0 Å². The Kier molecular flexibility index (Phi) is 2.29. The Morgan fingerprint density at radius 2 is 2.31 bits per heavy atom. The molecule has 0 unspecified atom stereocenters. The minimum absolute atomic E-state index is 0.622. The summed E-state index contributed by atoms with van der Waals surface area (Å²) in [5.74, 6) is 1.01. The summed E-state index contributed by atoms with van der Waals surface area (Å²) in [7, 11) is 0. The van der Waals surface area contributed by atoms with Crippen LogP contribution in [0.15, 0.2) is 29.0 Å². The summed E-state index contributed by atoms with van der Waals surface area (Å²) in [6, 6.07) is 4.49. The van der Waals surface area contributed by atoms with Crippen LogP contribution < -0.4 is 10.6 Å². The van der Waals surface area contributed by atoms with Crippen molar-refractivity contribution in [3.63, 3.8) is 0 Å². The van der Waals surface area contributed by atoms with E-state index in [4.69, 9.17) is 10.2 Å². The van der Waals surface area contributed by atoms with Gasteiger partial charge in [0.1, 0.15) is 11.4 Å². The number of furan rings is 1. The fourth-order valence-corrected chi connectivity index (χ4v) is 2.10. The molecule has 1 fully saturated rings. The lowest BCUT2D eigenvalue weighted by Gasteiger charge is -2.23. The van der Waals surface area contributed by atoms with Gasteiger partial charge in [0.05, 0.1) is 11.6 Å². The van der Waals surface area contributed by atoms with E-state index in [0.717, 1.165) is 23.3 Å². The molecule has 0 saturated heterocycles. The van der Waals surface area contributed by atoms with Crippen LogP contribution in [0.1, 0.15) is 12.8 Å². The van der Waals surface area contributed by atoms with Crippen molar-refractivity contribution in [1.29, 1.82) is 0 Å². The van der Waals surface area contributed by atoms with Crippen molar-refractivity contribution >= 4 is 16.8 Å². The molecule has 0 aliphatic heterocycles. The van der Waals surface area contributed by atoms with Crippen molar-refractivity contribution in [2.75, 3.05) is 18.0 Å². The number of rotatable bonds is 4. The number of nitrogens with zero attached hydrogens (tertiary/aromatic N) is 2. The van der Waals surface area contributed by atoms with Gasteiger partial charge in [-0.05, 0) is 25.0 Å². The molecule has 84 valence electrons. The third kappa shape index (κ3) is 1.55. The van der Waals surface area contributed by atoms with Gasteiger partial charge in [0.15, 0.2) is 0 Å². The van der Waals surface area contributed by atoms with Gasteiger partial charge < -0.3 is 15.1 Å². The predicted octanol–water partition coefficient (Wildman–Crippen LogP) is 1.76. The molecule has 0 aromatic carbocycles. The molecule has 2 aromatic heterocycles. The molecule has 2 aromatic rings. The molecule has 0 atom stereocenters. The van der Waals surface area contributed by atoms with Gasteiger partial charge in [-0.25, -0.2) is 4.98 Å². The van der Waals surface area contributed by atoms with Gasteiger partial charge in [0, 0.05) is 25.3 Å². The first kappa shape index (κ1) is 9.66. The molecule has 2 N–H and O–H groups in total. The van der Waals surface area contributed by atoms with Crippen molar-refractivity contribution in [3.05, 3.63) is 24.6 Å². The highest BCUT2D eigenvalue weighted by atomic mass is 16.3. The Morgan fingerprint density at radius 1 is 1.44 bits per heavy atom. The monoisotopic (exact) mass is 217 g/mol. The quantitative estimate of drug-likeness (QED) is 0.847. The van der Waals surface area contributed by atoms with E-state index in [0.29, 0.717) is 12.6 Å². The van der Waals surface area contributed by atoms with Crippen molar-refractivity contribution in [1.82, 2.24) is 4.98 Å². The zero-order valence-electron chi connectivity index (χ0n) is 9.10. The van der Waals surface area contributed by atoms with Gasteiger partial charge in [0.25, 0.3) is 0 Å². The summed E-state index contributed by atoms with van der Waals surface area (Å²) >= 11 is 0. The summed E-state index contributed by atoms with van der Waals surface area (Å²) in [6.45, 7) is 1.52. The van der Waals surface area contributed by atoms with Gasteiger partial charge in [-0.2, -0.15) is 0 Å². The Morgan fingerprint density at radius 3 is 3.06 bits per heavy atom. The van der Waals surface area contributed by atoms with Crippen molar-refractivity contribution in [3.8, 4) is 0 Å². The summed E-state index contributed by atoms with van der Waals surface area (Å²) in [5.41, 5.74) is 6.55. The van der Waals surface area contributed by atoms with Crippen LogP contribution in [-0.2, 0) is 0 Å². The lowest BCUT2D eigenvalue weighted by Crippen LogP contribution is -2.32. The molecule has 0 amide bonds. The SMILES string of the molecule is NCCN(c1nccc2occc12)C1CC1. The van der Waals surface area contributed by atoms with Crippen molar-refractivity contribution < 1.29 is 4.42 Å². The zero-order valence-corrected chi connectivity index (χ0v) is 9.10. The maximum absolute atomic E-state index is 5.66. The molecule has 1 saturated carbocycles. The van der Waals surface area contributed by atoms with Crippen LogP contribution in [0.3, 0.4) is 0 Å². The summed E-state index contributed by atoms with van der Waals surface area (Å²) in [4.78, 5) is 6.77. The van der Waals surface area contributed by atoms with Crippen LogP contribution in [0.2, 0.25) is 0 Å². The first-order chi connectivity index (χ1) is 7.90. The molecular weight excluding hydrogens is 202 g/mol. The van der Waals surface area contributed by atoms with Crippen LogP contribution in [0.25, 0.3) is 11.0 Å². The number of fused-ring (bicyclic) bond motifs is 1. The van der Waals surface area contributed by atoms with Crippen molar-refractivity contribution in [2.24, 2.45) is 5.73 Å². The number of aromatic nitrogens is 1. The van der Waals surface area contributed by atoms with E-state index in [1.165, 1.54) is 12.8 Å². The Balaban J connectivity index is 2.04. The summed E-state index contributed by atoms with van der Waals surface area (Å²) < 4.78 is 5.39. The molecule has 4 nitrogen and oxygen atoms in total. The summed E-state index contributed by atoms with van der Waals surface area (Å²) in [6.07, 6.45) is 6.00. The minimum Gasteiger partial charge on any atom is -0.464 e. The Hall–Kier alpha value is -1.55. The Labute approximate surface area is 94.0 Å². The van der Waals surface area contributed by atoms with E-state index in [1.54, 1.807) is 12.5 Å². The second-order valence-electron chi connectivity index (χ2n) is 4.18. The third-order valence-electron chi connectivity index (χ3n) is 2.99. The molecule has 3 rings (SSSR count). The molecule has 4 heteroatoms. The second-order valence-corrected chi connectivity index (χ2v) is 4.18. The van der Waals surface area contributed by atoms with E-state index in [2.05, 4.69) is 9.88 Å².